The highest BCUT2D eigenvalue weighted by Crippen LogP contribution is 2.65. The van der Waals surface area contributed by atoms with E-state index in [2.05, 4.69) is 90.2 Å². The molecule has 0 unspecified atom stereocenters. The van der Waals surface area contributed by atoms with E-state index in [4.69, 9.17) is 0 Å². The van der Waals surface area contributed by atoms with Gasteiger partial charge in [0.1, 0.15) is 0 Å². The molecule has 0 radical (unpaired) electrons. The molecule has 2 fully saturated rings. The summed E-state index contributed by atoms with van der Waals surface area (Å²) in [4.78, 5) is 0. The van der Waals surface area contributed by atoms with Crippen LogP contribution >= 0.6 is 0 Å². The van der Waals surface area contributed by atoms with Gasteiger partial charge >= 0.3 is 0 Å². The zero-order chi connectivity index (χ0) is 20.8. The topological polar surface area (TPSA) is 0 Å². The Labute approximate surface area is 179 Å². The quantitative estimate of drug-likeness (QED) is 0.414. The lowest BCUT2D eigenvalue weighted by Crippen LogP contribution is -2.44. The third-order valence-corrected chi connectivity index (χ3v) is 9.44. The van der Waals surface area contributed by atoms with Crippen molar-refractivity contribution < 1.29 is 0 Å². The van der Waals surface area contributed by atoms with Gasteiger partial charge < -0.3 is 0 Å². The van der Waals surface area contributed by atoms with E-state index in [1.54, 1.807) is 5.57 Å². The van der Waals surface area contributed by atoms with Gasteiger partial charge in [0.05, 0.1) is 0 Å². The van der Waals surface area contributed by atoms with Gasteiger partial charge in [0, 0.05) is 5.41 Å². The minimum absolute atomic E-state index is 0.218. The molecule has 0 aromatic carbocycles. The average Bonchev–Trinajstić information content (AvgIpc) is 3.05. The summed E-state index contributed by atoms with van der Waals surface area (Å²) in [6.07, 6.45) is 26.2. The van der Waals surface area contributed by atoms with Crippen molar-refractivity contribution in [3.05, 3.63) is 59.8 Å². The van der Waals surface area contributed by atoms with E-state index in [1.807, 2.05) is 0 Å². The summed E-state index contributed by atoms with van der Waals surface area (Å²) in [7, 11) is 0. The Balaban J connectivity index is 1.57. The first-order chi connectivity index (χ1) is 13.8. The van der Waals surface area contributed by atoms with Gasteiger partial charge in [0.2, 0.25) is 0 Å². The second kappa shape index (κ2) is 7.75. The van der Waals surface area contributed by atoms with Gasteiger partial charge in [-0.25, -0.2) is 0 Å². The Bertz CT molecular complexity index is 772. The molecule has 0 aromatic heterocycles. The second-order valence-electron chi connectivity index (χ2n) is 11.2. The predicted molar refractivity (Wildman–Crippen MR) is 127 cm³/mol. The molecule has 0 bridgehead atoms. The van der Waals surface area contributed by atoms with Crippen molar-refractivity contribution in [1.82, 2.24) is 0 Å². The predicted octanol–water partition coefficient (Wildman–Crippen LogP) is 8.30. The Kier molecular flexibility index (Phi) is 5.60. The van der Waals surface area contributed by atoms with Gasteiger partial charge in [-0.15, -0.1) is 0 Å². The van der Waals surface area contributed by atoms with Crippen molar-refractivity contribution in [2.75, 3.05) is 0 Å². The molecule has 29 heavy (non-hydrogen) atoms. The summed E-state index contributed by atoms with van der Waals surface area (Å²) in [6.45, 7) is 14.7. The third-order valence-electron chi connectivity index (χ3n) is 9.44. The van der Waals surface area contributed by atoms with E-state index in [9.17, 15) is 0 Å². The number of allylic oxidation sites excluding steroid dienone is 10. The summed E-state index contributed by atoms with van der Waals surface area (Å²) in [6, 6.07) is 0. The van der Waals surface area contributed by atoms with E-state index in [0.717, 1.165) is 23.7 Å². The molecule has 0 amide bonds. The molecule has 4 aliphatic rings. The SMILES string of the molecule is CC[C@H](C=C[C@@H](C)[C@H]1CC[C@H]2C3=CC=C4C=CC=C[C@]4(C)[C@H]3CC[C@]12C)C(C)C. The number of rotatable bonds is 5. The molecule has 0 heteroatoms. The van der Waals surface area contributed by atoms with Crippen molar-refractivity contribution in [2.24, 2.45) is 46.3 Å². The first kappa shape index (κ1) is 21.0. The van der Waals surface area contributed by atoms with Crippen LogP contribution in [-0.4, -0.2) is 0 Å². The van der Waals surface area contributed by atoms with E-state index in [1.165, 1.54) is 37.7 Å². The summed E-state index contributed by atoms with van der Waals surface area (Å²) in [5, 5.41) is 0. The summed E-state index contributed by atoms with van der Waals surface area (Å²) in [5.74, 6) is 4.49. The molecule has 7 atom stereocenters. The zero-order valence-electron chi connectivity index (χ0n) is 19.6. The van der Waals surface area contributed by atoms with Crippen LogP contribution in [0.4, 0.5) is 0 Å². The molecule has 0 N–H and O–H groups in total. The van der Waals surface area contributed by atoms with Gasteiger partial charge in [0.25, 0.3) is 0 Å². The Morgan fingerprint density at radius 2 is 1.79 bits per heavy atom. The average molecular weight is 391 g/mol. The summed E-state index contributed by atoms with van der Waals surface area (Å²) < 4.78 is 0. The second-order valence-corrected chi connectivity index (χ2v) is 11.2. The van der Waals surface area contributed by atoms with Crippen LogP contribution in [0.5, 0.6) is 0 Å². The van der Waals surface area contributed by atoms with Crippen LogP contribution in [0.1, 0.15) is 73.6 Å². The van der Waals surface area contributed by atoms with Gasteiger partial charge in [-0.3, -0.25) is 0 Å². The Morgan fingerprint density at radius 1 is 1.00 bits per heavy atom. The van der Waals surface area contributed by atoms with Crippen molar-refractivity contribution in [1.29, 1.82) is 0 Å². The Hall–Kier alpha value is -1.30. The Morgan fingerprint density at radius 3 is 2.52 bits per heavy atom. The molecule has 4 rings (SSSR count). The minimum atomic E-state index is 0.218. The van der Waals surface area contributed by atoms with Gasteiger partial charge in [0.15, 0.2) is 0 Å². The van der Waals surface area contributed by atoms with Gasteiger partial charge in [-0.2, -0.15) is 0 Å². The lowest BCUT2D eigenvalue weighted by molar-refractivity contribution is 0.0757. The molecule has 158 valence electrons. The smallest absolute Gasteiger partial charge is 0.0172 e. The molecule has 0 aromatic rings. The fourth-order valence-corrected chi connectivity index (χ4v) is 7.49. The fourth-order valence-electron chi connectivity index (χ4n) is 7.49. The first-order valence-corrected chi connectivity index (χ1v) is 12.3. The molecule has 0 saturated heterocycles. The van der Waals surface area contributed by atoms with Crippen LogP contribution in [0.2, 0.25) is 0 Å². The standard InChI is InChI=1S/C29H42/c1-7-22(20(2)3)12-11-21(4)25-15-16-26-24-14-13-23-10-8-9-18-28(23,5)27(24)17-19-29(25,26)6/h8-14,18,20-22,25-27H,7,15-17,19H2,1-6H3/t21-,22-,25-,26+,27+,28+,29-/m1/s1. The highest BCUT2D eigenvalue weighted by molar-refractivity contribution is 5.48. The molecule has 0 heterocycles. The van der Waals surface area contributed by atoms with E-state index < -0.39 is 0 Å². The fraction of sp³-hybridized carbons (Fsp3) is 0.655. The highest BCUT2D eigenvalue weighted by Gasteiger charge is 2.55. The highest BCUT2D eigenvalue weighted by atomic mass is 14.6. The van der Waals surface area contributed by atoms with Crippen LogP contribution in [0.15, 0.2) is 59.8 Å². The molecule has 0 nitrogen and oxygen atoms in total. The first-order valence-electron chi connectivity index (χ1n) is 12.3. The maximum Gasteiger partial charge on any atom is 0.0172 e. The number of hydrogen-bond acceptors (Lipinski definition) is 0. The van der Waals surface area contributed by atoms with Gasteiger partial charge in [-0.1, -0.05) is 95.7 Å². The largest absolute Gasteiger partial charge is 0.0851 e. The van der Waals surface area contributed by atoms with Gasteiger partial charge in [-0.05, 0) is 78.6 Å². The maximum absolute atomic E-state index is 2.63. The number of fused-ring (bicyclic) bond motifs is 5. The van der Waals surface area contributed by atoms with Crippen LogP contribution in [0.3, 0.4) is 0 Å². The van der Waals surface area contributed by atoms with Crippen molar-refractivity contribution in [2.45, 2.75) is 73.6 Å². The van der Waals surface area contributed by atoms with Crippen LogP contribution in [-0.2, 0) is 0 Å². The molecule has 2 saturated carbocycles. The molecule has 0 aliphatic heterocycles. The lowest BCUT2D eigenvalue weighted by atomic mass is 9.51. The zero-order valence-corrected chi connectivity index (χ0v) is 19.6. The summed E-state index contributed by atoms with van der Waals surface area (Å²) >= 11 is 0. The molecular formula is C29H42. The van der Waals surface area contributed by atoms with Crippen molar-refractivity contribution in [3.8, 4) is 0 Å². The summed E-state index contributed by atoms with van der Waals surface area (Å²) in [5.41, 5.74) is 3.98. The normalized spacial score (nSPS) is 40.3. The third kappa shape index (κ3) is 3.35. The van der Waals surface area contributed by atoms with Crippen LogP contribution in [0.25, 0.3) is 0 Å². The van der Waals surface area contributed by atoms with Crippen molar-refractivity contribution >= 4 is 0 Å². The monoisotopic (exact) mass is 390 g/mol. The van der Waals surface area contributed by atoms with E-state index >= 15 is 0 Å². The van der Waals surface area contributed by atoms with Crippen molar-refractivity contribution in [3.63, 3.8) is 0 Å². The molecule has 0 spiro atoms. The number of hydrogen-bond donors (Lipinski definition) is 0. The van der Waals surface area contributed by atoms with E-state index in [-0.39, 0.29) is 5.41 Å². The van der Waals surface area contributed by atoms with Crippen LogP contribution in [0, 0.1) is 46.3 Å². The van der Waals surface area contributed by atoms with Crippen LogP contribution < -0.4 is 0 Å². The molecular weight excluding hydrogens is 348 g/mol. The molecule has 4 aliphatic carbocycles. The minimum Gasteiger partial charge on any atom is -0.0851 e. The van der Waals surface area contributed by atoms with E-state index in [0.29, 0.717) is 17.3 Å². The lowest BCUT2D eigenvalue weighted by Gasteiger charge is -2.52. The maximum atomic E-state index is 2.63.